The third kappa shape index (κ3) is 2.49. The summed E-state index contributed by atoms with van der Waals surface area (Å²) in [6.45, 7) is 3.49. The topological polar surface area (TPSA) is 66.4 Å². The van der Waals surface area contributed by atoms with Crippen molar-refractivity contribution in [1.82, 2.24) is 5.32 Å². The van der Waals surface area contributed by atoms with Crippen molar-refractivity contribution in [3.8, 4) is 0 Å². The van der Waals surface area contributed by atoms with E-state index in [-0.39, 0.29) is 11.3 Å². The van der Waals surface area contributed by atoms with Gasteiger partial charge in [0, 0.05) is 5.41 Å². The van der Waals surface area contributed by atoms with Crippen LogP contribution in [0.25, 0.3) is 0 Å². The van der Waals surface area contributed by atoms with Gasteiger partial charge in [-0.3, -0.25) is 9.59 Å². The highest BCUT2D eigenvalue weighted by Crippen LogP contribution is 2.41. The molecule has 1 aliphatic carbocycles. The van der Waals surface area contributed by atoms with E-state index in [9.17, 15) is 9.59 Å². The minimum atomic E-state index is -0.979. The van der Waals surface area contributed by atoms with Crippen LogP contribution >= 0.6 is 0 Å². The Labute approximate surface area is 90.0 Å². The Morgan fingerprint density at radius 2 is 1.93 bits per heavy atom. The van der Waals surface area contributed by atoms with Crippen molar-refractivity contribution >= 4 is 11.9 Å². The Kier molecular flexibility index (Phi) is 3.72. The van der Waals surface area contributed by atoms with Crippen molar-refractivity contribution in [2.75, 3.05) is 0 Å². The van der Waals surface area contributed by atoms with E-state index < -0.39 is 12.0 Å². The summed E-state index contributed by atoms with van der Waals surface area (Å²) in [6.07, 6.45) is 4.72. The zero-order chi connectivity index (χ0) is 11.5. The fraction of sp³-hybridized carbons (Fsp3) is 0.818. The highest BCUT2D eigenvalue weighted by atomic mass is 16.4. The van der Waals surface area contributed by atoms with Gasteiger partial charge in [-0.1, -0.05) is 19.8 Å². The monoisotopic (exact) mass is 213 g/mol. The number of amides is 1. The summed E-state index contributed by atoms with van der Waals surface area (Å²) >= 11 is 0. The first-order valence-electron chi connectivity index (χ1n) is 5.55. The Bertz CT molecular complexity index is 257. The first kappa shape index (κ1) is 12.0. The second kappa shape index (κ2) is 4.64. The van der Waals surface area contributed by atoms with Gasteiger partial charge in [0.25, 0.3) is 0 Å². The maximum absolute atomic E-state index is 11.9. The van der Waals surface area contributed by atoms with E-state index in [1.807, 2.05) is 6.92 Å². The molecule has 0 bridgehead atoms. The van der Waals surface area contributed by atoms with Gasteiger partial charge in [-0.25, -0.2) is 0 Å². The number of rotatable bonds is 4. The molecule has 0 aromatic heterocycles. The number of carboxylic acids is 1. The number of carboxylic acid groups (broad SMARTS) is 1. The van der Waals surface area contributed by atoms with Crippen LogP contribution in [0.1, 0.15) is 46.0 Å². The normalized spacial score (nSPS) is 20.9. The average Bonchev–Trinajstić information content (AvgIpc) is 2.66. The number of nitrogens with one attached hydrogen (secondary N) is 1. The van der Waals surface area contributed by atoms with E-state index >= 15 is 0 Å². The number of carbonyl (C=O) groups is 2. The second-order valence-electron chi connectivity index (χ2n) is 4.37. The molecule has 0 heterocycles. The quantitative estimate of drug-likeness (QED) is 0.744. The Morgan fingerprint density at radius 1 is 1.40 bits per heavy atom. The molecule has 2 N–H and O–H groups in total. The first-order chi connectivity index (χ1) is 7.02. The van der Waals surface area contributed by atoms with Gasteiger partial charge in [-0.15, -0.1) is 0 Å². The Hall–Kier alpha value is -1.06. The summed E-state index contributed by atoms with van der Waals surface area (Å²) < 4.78 is 0. The third-order valence-electron chi connectivity index (χ3n) is 3.44. The average molecular weight is 213 g/mol. The predicted molar refractivity (Wildman–Crippen MR) is 56.4 cm³/mol. The first-order valence-corrected chi connectivity index (χ1v) is 5.55. The highest BCUT2D eigenvalue weighted by molar-refractivity contribution is 5.87. The molecule has 1 fully saturated rings. The molecule has 4 heteroatoms. The van der Waals surface area contributed by atoms with E-state index in [0.29, 0.717) is 0 Å². The molecule has 86 valence electrons. The van der Waals surface area contributed by atoms with Crippen molar-refractivity contribution in [2.24, 2.45) is 5.41 Å². The molecule has 0 aliphatic heterocycles. The van der Waals surface area contributed by atoms with E-state index in [0.717, 1.165) is 32.1 Å². The van der Waals surface area contributed by atoms with Crippen LogP contribution in [0.5, 0.6) is 0 Å². The van der Waals surface area contributed by atoms with Gasteiger partial charge in [-0.2, -0.15) is 0 Å². The summed E-state index contributed by atoms with van der Waals surface area (Å²) in [5, 5.41) is 11.3. The lowest BCUT2D eigenvalue weighted by atomic mass is 9.82. The van der Waals surface area contributed by atoms with Crippen LogP contribution in [-0.2, 0) is 9.59 Å². The van der Waals surface area contributed by atoms with Gasteiger partial charge in [0.2, 0.25) is 5.91 Å². The minimum Gasteiger partial charge on any atom is -0.480 e. The van der Waals surface area contributed by atoms with Crippen LogP contribution in [0.15, 0.2) is 0 Å². The predicted octanol–water partition coefficient (Wildman–Crippen LogP) is 1.55. The molecule has 1 unspecified atom stereocenters. The smallest absolute Gasteiger partial charge is 0.325 e. The van der Waals surface area contributed by atoms with Crippen molar-refractivity contribution < 1.29 is 14.7 Å². The Balaban J connectivity index is 2.62. The largest absolute Gasteiger partial charge is 0.480 e. The maximum Gasteiger partial charge on any atom is 0.325 e. The van der Waals surface area contributed by atoms with Gasteiger partial charge in [0.05, 0.1) is 0 Å². The van der Waals surface area contributed by atoms with Gasteiger partial charge in [0.15, 0.2) is 0 Å². The number of hydrogen-bond donors (Lipinski definition) is 2. The van der Waals surface area contributed by atoms with Gasteiger partial charge >= 0.3 is 5.97 Å². The van der Waals surface area contributed by atoms with E-state index in [2.05, 4.69) is 5.32 Å². The molecule has 0 aromatic carbocycles. The van der Waals surface area contributed by atoms with Crippen molar-refractivity contribution in [1.29, 1.82) is 0 Å². The number of aliphatic carboxylic acids is 1. The molecule has 0 aromatic rings. The molecule has 1 rings (SSSR count). The Morgan fingerprint density at radius 3 is 2.33 bits per heavy atom. The van der Waals surface area contributed by atoms with E-state index in [4.69, 9.17) is 5.11 Å². The molecule has 0 spiro atoms. The van der Waals surface area contributed by atoms with Gasteiger partial charge in [0.1, 0.15) is 6.04 Å². The van der Waals surface area contributed by atoms with Crippen LogP contribution in [0.4, 0.5) is 0 Å². The van der Waals surface area contributed by atoms with E-state index in [1.54, 1.807) is 0 Å². The van der Waals surface area contributed by atoms with Gasteiger partial charge < -0.3 is 10.4 Å². The van der Waals surface area contributed by atoms with Crippen molar-refractivity contribution in [3.63, 3.8) is 0 Å². The zero-order valence-electron chi connectivity index (χ0n) is 9.38. The van der Waals surface area contributed by atoms with Crippen LogP contribution < -0.4 is 5.32 Å². The standard InChI is InChI=1S/C11H19NO3/c1-3-11(6-4-5-7-11)10(15)12-8(2)9(13)14/h8H,3-7H2,1-2H3,(H,12,15)(H,13,14). The number of carbonyl (C=O) groups excluding carboxylic acids is 1. The lowest BCUT2D eigenvalue weighted by Crippen LogP contribution is -2.46. The summed E-state index contributed by atoms with van der Waals surface area (Å²) in [5.41, 5.74) is -0.302. The fourth-order valence-electron chi connectivity index (χ4n) is 2.20. The van der Waals surface area contributed by atoms with Crippen LogP contribution in [0.2, 0.25) is 0 Å². The summed E-state index contributed by atoms with van der Waals surface area (Å²) in [7, 11) is 0. The SMILES string of the molecule is CCC1(C(=O)NC(C)C(=O)O)CCCC1. The third-order valence-corrected chi connectivity index (χ3v) is 3.44. The zero-order valence-corrected chi connectivity index (χ0v) is 9.38. The molecular weight excluding hydrogens is 194 g/mol. The molecule has 4 nitrogen and oxygen atoms in total. The molecular formula is C11H19NO3. The molecule has 0 saturated heterocycles. The summed E-state index contributed by atoms with van der Waals surface area (Å²) in [4.78, 5) is 22.6. The molecule has 1 amide bonds. The molecule has 1 saturated carbocycles. The molecule has 0 radical (unpaired) electrons. The van der Waals surface area contributed by atoms with Crippen LogP contribution in [-0.4, -0.2) is 23.0 Å². The lowest BCUT2D eigenvalue weighted by Gasteiger charge is -2.27. The fourth-order valence-corrected chi connectivity index (χ4v) is 2.20. The van der Waals surface area contributed by atoms with Crippen molar-refractivity contribution in [2.45, 2.75) is 52.0 Å². The minimum absolute atomic E-state index is 0.0857. The lowest BCUT2D eigenvalue weighted by molar-refractivity contribution is -0.143. The highest BCUT2D eigenvalue weighted by Gasteiger charge is 2.40. The summed E-state index contributed by atoms with van der Waals surface area (Å²) in [5.74, 6) is -1.06. The molecule has 1 aliphatic rings. The molecule has 1 atom stereocenters. The second-order valence-corrected chi connectivity index (χ2v) is 4.37. The van der Waals surface area contributed by atoms with Crippen LogP contribution in [0, 0.1) is 5.41 Å². The van der Waals surface area contributed by atoms with Crippen LogP contribution in [0.3, 0.4) is 0 Å². The molecule has 15 heavy (non-hydrogen) atoms. The number of hydrogen-bond acceptors (Lipinski definition) is 2. The maximum atomic E-state index is 11.9. The van der Waals surface area contributed by atoms with Crippen molar-refractivity contribution in [3.05, 3.63) is 0 Å². The van der Waals surface area contributed by atoms with Gasteiger partial charge in [-0.05, 0) is 26.2 Å². The summed E-state index contributed by atoms with van der Waals surface area (Å²) in [6, 6.07) is -0.790. The van der Waals surface area contributed by atoms with E-state index in [1.165, 1.54) is 6.92 Å².